The van der Waals surface area contributed by atoms with Gasteiger partial charge >= 0.3 is 0 Å². The topological polar surface area (TPSA) is 39.9 Å². The first kappa shape index (κ1) is 17.5. The van der Waals surface area contributed by atoms with Gasteiger partial charge < -0.3 is 9.30 Å². The molecular formula is C18H25N3OSi. The molecule has 5 heteroatoms. The highest BCUT2D eigenvalue weighted by Crippen LogP contribution is 2.09. The monoisotopic (exact) mass is 327 g/mol. The van der Waals surface area contributed by atoms with Crippen molar-refractivity contribution in [3.05, 3.63) is 47.3 Å². The van der Waals surface area contributed by atoms with Gasteiger partial charge in [0.15, 0.2) is 0 Å². The highest BCUT2D eigenvalue weighted by Gasteiger charge is 2.12. The molecule has 0 radical (unpaired) electrons. The Labute approximate surface area is 139 Å². The third-order valence-corrected chi connectivity index (χ3v) is 5.14. The van der Waals surface area contributed by atoms with Gasteiger partial charge in [-0.25, -0.2) is 4.98 Å². The molecule has 0 unspecified atom stereocenters. The zero-order chi connectivity index (χ0) is 16.9. The first-order valence-corrected chi connectivity index (χ1v) is 11.6. The number of aryl methyl sites for hydroxylation is 2. The second-order valence-corrected chi connectivity index (χ2v) is 12.5. The number of rotatable bonds is 5. The van der Waals surface area contributed by atoms with Crippen molar-refractivity contribution in [3.8, 4) is 11.8 Å². The average molecular weight is 328 g/mol. The summed E-state index contributed by atoms with van der Waals surface area (Å²) in [6.07, 6.45) is 3.72. The fourth-order valence-corrected chi connectivity index (χ4v) is 2.76. The number of nitrogens with zero attached hydrogens (tertiary/aromatic N) is 3. The van der Waals surface area contributed by atoms with E-state index >= 15 is 0 Å². The van der Waals surface area contributed by atoms with Crippen LogP contribution in [0.15, 0.2) is 24.5 Å². The van der Waals surface area contributed by atoms with Crippen LogP contribution in [0.3, 0.4) is 0 Å². The van der Waals surface area contributed by atoms with Crippen LogP contribution in [0.4, 0.5) is 0 Å². The van der Waals surface area contributed by atoms with E-state index in [0.717, 1.165) is 29.4 Å². The van der Waals surface area contributed by atoms with Crippen LogP contribution in [0.25, 0.3) is 0 Å². The van der Waals surface area contributed by atoms with E-state index < -0.39 is 8.07 Å². The van der Waals surface area contributed by atoms with Crippen LogP contribution >= 0.6 is 0 Å². The highest BCUT2D eigenvalue weighted by molar-refractivity contribution is 6.76. The van der Waals surface area contributed by atoms with Gasteiger partial charge in [0.2, 0.25) is 0 Å². The van der Waals surface area contributed by atoms with Crippen molar-refractivity contribution < 1.29 is 4.74 Å². The molecule has 0 spiro atoms. The van der Waals surface area contributed by atoms with Gasteiger partial charge in [-0.3, -0.25) is 4.98 Å². The molecule has 0 N–H and O–H groups in total. The van der Waals surface area contributed by atoms with Crippen LogP contribution in [0, 0.1) is 25.7 Å². The number of pyridine rings is 1. The molecule has 0 saturated heterocycles. The lowest BCUT2D eigenvalue weighted by Crippen LogP contribution is -2.22. The lowest BCUT2D eigenvalue weighted by molar-refractivity contribution is 0.0857. The maximum Gasteiger partial charge on any atom is 0.131 e. The summed E-state index contributed by atoms with van der Waals surface area (Å²) in [4.78, 5) is 8.65. The number of hydrogen-bond donors (Lipinski definition) is 0. The first-order valence-electron chi connectivity index (χ1n) is 7.90. The van der Waals surface area contributed by atoms with Crippen molar-refractivity contribution in [3.63, 3.8) is 0 Å². The van der Waals surface area contributed by atoms with Gasteiger partial charge in [-0.1, -0.05) is 25.6 Å². The normalized spacial score (nSPS) is 11.2. The fourth-order valence-electron chi connectivity index (χ4n) is 2.00. The van der Waals surface area contributed by atoms with Crippen molar-refractivity contribution in [1.29, 1.82) is 0 Å². The van der Waals surface area contributed by atoms with E-state index in [1.165, 1.54) is 6.04 Å². The molecule has 0 aromatic carbocycles. The molecule has 2 rings (SSSR count). The molecule has 0 aliphatic rings. The Hall–Kier alpha value is -1.90. The quantitative estimate of drug-likeness (QED) is 0.478. The largest absolute Gasteiger partial charge is 0.361 e. The summed E-state index contributed by atoms with van der Waals surface area (Å²) in [6.45, 7) is 12.4. The van der Waals surface area contributed by atoms with Gasteiger partial charge in [0.25, 0.3) is 0 Å². The third kappa shape index (κ3) is 6.01. The minimum Gasteiger partial charge on any atom is -0.361 e. The predicted molar refractivity (Wildman–Crippen MR) is 96.0 cm³/mol. The number of ether oxygens (including phenoxy) is 1. The molecule has 4 nitrogen and oxygen atoms in total. The summed E-state index contributed by atoms with van der Waals surface area (Å²) in [6, 6.07) is 5.05. The average Bonchev–Trinajstić information content (AvgIpc) is 2.81. The first-order chi connectivity index (χ1) is 10.8. The Kier molecular flexibility index (Phi) is 5.75. The lowest BCUT2D eigenvalue weighted by atomic mass is 10.2. The molecule has 2 aromatic rings. The van der Waals surface area contributed by atoms with Crippen molar-refractivity contribution in [2.45, 2.75) is 46.3 Å². The molecule has 0 aliphatic carbocycles. The second-order valence-electron chi connectivity index (χ2n) is 6.93. The number of aromatic nitrogens is 3. The van der Waals surface area contributed by atoms with E-state index in [1.54, 1.807) is 6.20 Å². The summed E-state index contributed by atoms with van der Waals surface area (Å²) in [5.41, 5.74) is 2.69. The van der Waals surface area contributed by atoms with E-state index in [4.69, 9.17) is 4.74 Å². The molecule has 0 atom stereocenters. The zero-order valence-electron chi connectivity index (χ0n) is 14.7. The highest BCUT2D eigenvalue weighted by atomic mass is 28.3. The van der Waals surface area contributed by atoms with Crippen LogP contribution in [0.1, 0.15) is 22.8 Å². The predicted octanol–water partition coefficient (Wildman–Crippen LogP) is 3.61. The van der Waals surface area contributed by atoms with Crippen LogP contribution in [-0.4, -0.2) is 29.2 Å². The molecule has 0 aliphatic heterocycles. The molecule has 23 heavy (non-hydrogen) atoms. The zero-order valence-corrected chi connectivity index (χ0v) is 15.7. The van der Waals surface area contributed by atoms with E-state index in [1.807, 2.05) is 36.7 Å². The van der Waals surface area contributed by atoms with Crippen molar-refractivity contribution in [1.82, 2.24) is 14.5 Å². The van der Waals surface area contributed by atoms with Crippen molar-refractivity contribution >= 4 is 8.07 Å². The molecule has 0 amide bonds. The number of hydrogen-bond acceptors (Lipinski definition) is 3. The standard InChI is InChI=1S/C18H25N3OSi/c1-15-12-17(8-9-19-15)6-7-18-13-21(16(2)20-18)14-22-10-11-23(3,4)5/h8-9,12-13H,10-11,14H2,1-5H3. The van der Waals surface area contributed by atoms with Crippen LogP contribution in [0.2, 0.25) is 25.7 Å². The Morgan fingerprint density at radius 2 is 2.00 bits per heavy atom. The smallest absolute Gasteiger partial charge is 0.131 e. The van der Waals surface area contributed by atoms with Gasteiger partial charge in [0.05, 0.1) is 0 Å². The summed E-state index contributed by atoms with van der Waals surface area (Å²) in [7, 11) is -1.04. The van der Waals surface area contributed by atoms with Crippen LogP contribution < -0.4 is 0 Å². The summed E-state index contributed by atoms with van der Waals surface area (Å²) < 4.78 is 7.78. The third-order valence-electron chi connectivity index (χ3n) is 3.43. The SMILES string of the molecule is Cc1cc(C#Cc2cn(COCC[Si](C)(C)C)c(C)n2)ccn1. The summed E-state index contributed by atoms with van der Waals surface area (Å²) in [5.74, 6) is 7.16. The van der Waals surface area contributed by atoms with Gasteiger partial charge in [0, 0.05) is 38.3 Å². The molecular weight excluding hydrogens is 302 g/mol. The molecule has 0 fully saturated rings. The molecule has 122 valence electrons. The van der Waals surface area contributed by atoms with Gasteiger partial charge in [0.1, 0.15) is 18.2 Å². The summed E-state index contributed by atoms with van der Waals surface area (Å²) >= 11 is 0. The molecule has 2 aromatic heterocycles. The molecule has 0 saturated carbocycles. The summed E-state index contributed by atoms with van der Waals surface area (Å²) in [5, 5.41) is 0. The van der Waals surface area contributed by atoms with Crippen molar-refractivity contribution in [2.75, 3.05) is 6.61 Å². The van der Waals surface area contributed by atoms with E-state index in [9.17, 15) is 0 Å². The Morgan fingerprint density at radius 3 is 2.70 bits per heavy atom. The van der Waals surface area contributed by atoms with Gasteiger partial charge in [-0.15, -0.1) is 0 Å². The minimum atomic E-state index is -1.04. The van der Waals surface area contributed by atoms with Crippen molar-refractivity contribution in [2.24, 2.45) is 0 Å². The molecule has 2 heterocycles. The van der Waals surface area contributed by atoms with Crippen LogP contribution in [0.5, 0.6) is 0 Å². The number of imidazole rings is 1. The Balaban J connectivity index is 1.96. The fraction of sp³-hybridized carbons (Fsp3) is 0.444. The second kappa shape index (κ2) is 7.58. The van der Waals surface area contributed by atoms with E-state index in [-0.39, 0.29) is 0 Å². The Bertz CT molecular complexity index is 720. The van der Waals surface area contributed by atoms with Gasteiger partial charge in [-0.2, -0.15) is 0 Å². The van der Waals surface area contributed by atoms with Gasteiger partial charge in [-0.05, 0) is 37.9 Å². The van der Waals surface area contributed by atoms with E-state index in [0.29, 0.717) is 6.73 Å². The van der Waals surface area contributed by atoms with Crippen LogP contribution in [-0.2, 0) is 11.5 Å². The molecule has 0 bridgehead atoms. The lowest BCUT2D eigenvalue weighted by Gasteiger charge is -2.15. The Morgan fingerprint density at radius 1 is 1.22 bits per heavy atom. The maximum atomic E-state index is 5.77. The van der Waals surface area contributed by atoms with E-state index in [2.05, 4.69) is 41.4 Å². The minimum absolute atomic E-state index is 0.541. The maximum absolute atomic E-state index is 5.77.